The zero-order chi connectivity index (χ0) is 12.6. The van der Waals surface area contributed by atoms with E-state index in [1.807, 2.05) is 0 Å². The van der Waals surface area contributed by atoms with Crippen molar-refractivity contribution in [1.82, 2.24) is 0 Å². The molecule has 0 aromatic heterocycles. The number of ether oxygens (including phenoxy) is 1. The first-order valence-corrected chi connectivity index (χ1v) is 6.50. The molecule has 0 aromatic carbocycles. The Hall–Kier alpha value is -0.530. The van der Waals surface area contributed by atoms with Gasteiger partial charge in [0.05, 0.1) is 6.61 Å². The largest absolute Gasteiger partial charge is 0.466 e. The molecule has 1 unspecified atom stereocenters. The lowest BCUT2D eigenvalue weighted by Crippen LogP contribution is -2.12. The minimum absolute atomic E-state index is 0.0325. The summed E-state index contributed by atoms with van der Waals surface area (Å²) >= 11 is 0. The second-order valence-corrected chi connectivity index (χ2v) is 5.98. The molecule has 0 radical (unpaired) electrons. The number of esters is 1. The van der Waals surface area contributed by atoms with Gasteiger partial charge in [-0.2, -0.15) is 0 Å². The third-order valence-electron chi connectivity index (χ3n) is 2.63. The summed E-state index contributed by atoms with van der Waals surface area (Å²) in [5, 5.41) is 0. The Morgan fingerprint density at radius 1 is 1.31 bits per heavy atom. The maximum atomic E-state index is 11.4. The molecule has 0 aliphatic carbocycles. The molecule has 1 atom stereocenters. The van der Waals surface area contributed by atoms with E-state index >= 15 is 0 Å². The predicted molar refractivity (Wildman–Crippen MR) is 68.3 cm³/mol. The molecule has 2 heteroatoms. The summed E-state index contributed by atoms with van der Waals surface area (Å²) < 4.78 is 5.22. The van der Waals surface area contributed by atoms with Crippen molar-refractivity contribution in [3.8, 4) is 0 Å². The lowest BCUT2D eigenvalue weighted by atomic mass is 9.91. The van der Waals surface area contributed by atoms with Crippen LogP contribution in [-0.4, -0.2) is 12.6 Å². The quantitative estimate of drug-likeness (QED) is 0.482. The molecule has 0 aliphatic heterocycles. The average molecular weight is 228 g/mol. The van der Waals surface area contributed by atoms with Crippen molar-refractivity contribution in [2.24, 2.45) is 11.3 Å². The van der Waals surface area contributed by atoms with Gasteiger partial charge in [-0.3, -0.25) is 4.79 Å². The molecule has 0 amide bonds. The van der Waals surface area contributed by atoms with E-state index in [9.17, 15) is 4.79 Å². The van der Waals surface area contributed by atoms with Crippen LogP contribution < -0.4 is 0 Å². The smallest absolute Gasteiger partial charge is 0.306 e. The van der Waals surface area contributed by atoms with Crippen molar-refractivity contribution in [3.05, 3.63) is 0 Å². The molecular weight excluding hydrogens is 200 g/mol. The fraction of sp³-hybridized carbons (Fsp3) is 0.929. The van der Waals surface area contributed by atoms with Crippen molar-refractivity contribution in [1.29, 1.82) is 0 Å². The van der Waals surface area contributed by atoms with Gasteiger partial charge in [0.1, 0.15) is 0 Å². The highest BCUT2D eigenvalue weighted by Gasteiger charge is 2.12. The fourth-order valence-electron chi connectivity index (χ4n) is 1.73. The highest BCUT2D eigenvalue weighted by molar-refractivity contribution is 5.69. The van der Waals surface area contributed by atoms with E-state index in [0.29, 0.717) is 24.4 Å². The summed E-state index contributed by atoms with van der Waals surface area (Å²) in [6, 6.07) is 0. The number of hydrogen-bond acceptors (Lipinski definition) is 2. The average Bonchev–Trinajstić information content (AvgIpc) is 2.11. The van der Waals surface area contributed by atoms with Gasteiger partial charge in [-0.05, 0) is 24.2 Å². The number of rotatable bonds is 7. The van der Waals surface area contributed by atoms with Crippen LogP contribution in [0.2, 0.25) is 0 Å². The molecule has 0 N–H and O–H groups in total. The van der Waals surface area contributed by atoms with E-state index in [4.69, 9.17) is 4.74 Å². The van der Waals surface area contributed by atoms with Crippen LogP contribution in [0.15, 0.2) is 0 Å². The molecule has 0 heterocycles. The highest BCUT2D eigenvalue weighted by atomic mass is 16.5. The Morgan fingerprint density at radius 2 is 1.94 bits per heavy atom. The third kappa shape index (κ3) is 10.0. The van der Waals surface area contributed by atoms with Gasteiger partial charge in [0.2, 0.25) is 0 Å². The van der Waals surface area contributed by atoms with Gasteiger partial charge >= 0.3 is 5.97 Å². The maximum absolute atomic E-state index is 11.4. The summed E-state index contributed by atoms with van der Waals surface area (Å²) in [5.74, 6) is 0.426. The second kappa shape index (κ2) is 7.70. The Balaban J connectivity index is 3.51. The van der Waals surface area contributed by atoms with Crippen LogP contribution >= 0.6 is 0 Å². The zero-order valence-electron chi connectivity index (χ0n) is 11.6. The van der Waals surface area contributed by atoms with E-state index in [2.05, 4.69) is 34.6 Å². The van der Waals surface area contributed by atoms with Gasteiger partial charge in [-0.15, -0.1) is 0 Å². The van der Waals surface area contributed by atoms with Crippen molar-refractivity contribution in [2.45, 2.75) is 66.7 Å². The lowest BCUT2D eigenvalue weighted by Gasteiger charge is -2.17. The summed E-state index contributed by atoms with van der Waals surface area (Å²) in [6.07, 6.45) is 4.89. The van der Waals surface area contributed by atoms with Gasteiger partial charge < -0.3 is 4.74 Å². The molecule has 0 bridgehead atoms. The third-order valence-corrected chi connectivity index (χ3v) is 2.63. The number of carbonyl (C=O) groups is 1. The molecule has 0 rings (SSSR count). The summed E-state index contributed by atoms with van der Waals surface area (Å²) in [5.41, 5.74) is 0.335. The molecule has 2 nitrogen and oxygen atoms in total. The first-order valence-electron chi connectivity index (χ1n) is 6.50. The SMILES string of the molecule is CCCC(C)CC(=O)OCCCC(C)(C)C. The summed E-state index contributed by atoms with van der Waals surface area (Å²) in [6.45, 7) is 11.5. The molecular formula is C14H28O2. The van der Waals surface area contributed by atoms with Crippen LogP contribution in [0.3, 0.4) is 0 Å². The normalized spacial score (nSPS) is 13.6. The molecule has 0 aliphatic rings. The van der Waals surface area contributed by atoms with E-state index in [-0.39, 0.29) is 5.97 Å². The van der Waals surface area contributed by atoms with Crippen molar-refractivity contribution < 1.29 is 9.53 Å². The van der Waals surface area contributed by atoms with Crippen LogP contribution in [0.25, 0.3) is 0 Å². The van der Waals surface area contributed by atoms with Gasteiger partial charge in [0.15, 0.2) is 0 Å². The van der Waals surface area contributed by atoms with Gasteiger partial charge in [-0.25, -0.2) is 0 Å². The van der Waals surface area contributed by atoms with Crippen molar-refractivity contribution in [2.75, 3.05) is 6.61 Å². The first-order chi connectivity index (χ1) is 7.35. The van der Waals surface area contributed by atoms with Crippen LogP contribution in [0.1, 0.15) is 66.7 Å². The number of hydrogen-bond donors (Lipinski definition) is 0. The Bertz CT molecular complexity index is 191. The number of carbonyl (C=O) groups excluding carboxylic acids is 1. The van der Waals surface area contributed by atoms with Crippen LogP contribution in [0, 0.1) is 11.3 Å². The standard InChI is InChI=1S/C14H28O2/c1-6-8-12(2)11-13(15)16-10-7-9-14(3,4)5/h12H,6-11H2,1-5H3. The molecule has 0 saturated carbocycles. The fourth-order valence-corrected chi connectivity index (χ4v) is 1.73. The molecule has 0 spiro atoms. The summed E-state index contributed by atoms with van der Waals surface area (Å²) in [7, 11) is 0. The first kappa shape index (κ1) is 15.5. The molecule has 16 heavy (non-hydrogen) atoms. The highest BCUT2D eigenvalue weighted by Crippen LogP contribution is 2.20. The van der Waals surface area contributed by atoms with Crippen molar-refractivity contribution >= 4 is 5.97 Å². The minimum atomic E-state index is -0.0325. The van der Waals surface area contributed by atoms with E-state index < -0.39 is 0 Å². The molecule has 96 valence electrons. The van der Waals surface area contributed by atoms with Gasteiger partial charge in [0.25, 0.3) is 0 Å². The van der Waals surface area contributed by atoms with Gasteiger partial charge in [0, 0.05) is 6.42 Å². The second-order valence-electron chi connectivity index (χ2n) is 5.98. The Morgan fingerprint density at radius 3 is 2.44 bits per heavy atom. The monoisotopic (exact) mass is 228 g/mol. The Kier molecular flexibility index (Phi) is 7.44. The zero-order valence-corrected chi connectivity index (χ0v) is 11.6. The van der Waals surface area contributed by atoms with Crippen LogP contribution in [-0.2, 0) is 9.53 Å². The molecule has 0 saturated heterocycles. The molecule has 0 aromatic rings. The van der Waals surface area contributed by atoms with E-state index in [0.717, 1.165) is 25.7 Å². The van der Waals surface area contributed by atoms with Gasteiger partial charge in [-0.1, -0.05) is 47.5 Å². The molecule has 0 fully saturated rings. The lowest BCUT2D eigenvalue weighted by molar-refractivity contribution is -0.144. The van der Waals surface area contributed by atoms with Crippen LogP contribution in [0.5, 0.6) is 0 Å². The predicted octanol–water partition coefficient (Wildman–Crippen LogP) is 4.18. The van der Waals surface area contributed by atoms with Crippen LogP contribution in [0.4, 0.5) is 0 Å². The van der Waals surface area contributed by atoms with Crippen molar-refractivity contribution in [3.63, 3.8) is 0 Å². The topological polar surface area (TPSA) is 26.3 Å². The maximum Gasteiger partial charge on any atom is 0.306 e. The minimum Gasteiger partial charge on any atom is -0.466 e. The summed E-state index contributed by atoms with van der Waals surface area (Å²) in [4.78, 5) is 11.4. The Labute approximate surface area is 101 Å². The van der Waals surface area contributed by atoms with E-state index in [1.54, 1.807) is 0 Å². The van der Waals surface area contributed by atoms with E-state index in [1.165, 1.54) is 0 Å².